The molecule has 118 valence electrons. The fourth-order valence-electron chi connectivity index (χ4n) is 2.19. The van der Waals surface area contributed by atoms with Crippen molar-refractivity contribution in [1.82, 2.24) is 4.90 Å². The van der Waals surface area contributed by atoms with Gasteiger partial charge in [0, 0.05) is 5.92 Å². The van der Waals surface area contributed by atoms with Gasteiger partial charge in [-0.05, 0) is 40.5 Å². The van der Waals surface area contributed by atoms with Crippen LogP contribution in [0.25, 0.3) is 0 Å². The number of esters is 1. The number of amides is 2. The van der Waals surface area contributed by atoms with Gasteiger partial charge in [0.1, 0.15) is 11.6 Å². The minimum Gasteiger partial charge on any atom is -0.467 e. The monoisotopic (exact) mass is 297 g/mol. The van der Waals surface area contributed by atoms with E-state index in [1.54, 1.807) is 20.8 Å². The minimum absolute atomic E-state index is 0.259. The lowest BCUT2D eigenvalue weighted by molar-refractivity contribution is -0.148. The fraction of sp³-hybridized carbons (Fsp3) is 0.667. The summed E-state index contributed by atoms with van der Waals surface area (Å²) in [6, 6.07) is -0.910. The molecule has 1 heterocycles. The standard InChI is InChI=1S/C15H23NO5/c1-6-7-8-10-9-11(13(18)20-5)16(12(10)17)14(19)21-15(2,3)4/h6-7,10-11H,8-9H2,1-5H3/b7-6-/t10-,11+/m1/s1. The van der Waals surface area contributed by atoms with Crippen molar-refractivity contribution in [3.05, 3.63) is 12.2 Å². The first-order valence-electron chi connectivity index (χ1n) is 6.96. The van der Waals surface area contributed by atoms with Gasteiger partial charge >= 0.3 is 12.1 Å². The smallest absolute Gasteiger partial charge is 0.417 e. The van der Waals surface area contributed by atoms with E-state index in [2.05, 4.69) is 4.74 Å². The lowest BCUT2D eigenvalue weighted by Crippen LogP contribution is -2.46. The maximum atomic E-state index is 12.4. The topological polar surface area (TPSA) is 72.9 Å². The van der Waals surface area contributed by atoms with Crippen molar-refractivity contribution in [3.63, 3.8) is 0 Å². The van der Waals surface area contributed by atoms with Gasteiger partial charge in [-0.3, -0.25) is 4.79 Å². The summed E-state index contributed by atoms with van der Waals surface area (Å²) in [6.07, 6.45) is 3.62. The maximum Gasteiger partial charge on any atom is 0.417 e. The van der Waals surface area contributed by atoms with Crippen LogP contribution in [0.4, 0.5) is 4.79 Å². The fourth-order valence-corrected chi connectivity index (χ4v) is 2.19. The normalized spacial score (nSPS) is 22.7. The predicted molar refractivity (Wildman–Crippen MR) is 76.4 cm³/mol. The number of ether oxygens (including phenoxy) is 2. The van der Waals surface area contributed by atoms with Crippen LogP contribution in [0.3, 0.4) is 0 Å². The van der Waals surface area contributed by atoms with Crippen molar-refractivity contribution < 1.29 is 23.9 Å². The molecule has 0 bridgehead atoms. The van der Waals surface area contributed by atoms with Crippen molar-refractivity contribution in [2.45, 2.75) is 52.2 Å². The van der Waals surface area contributed by atoms with Gasteiger partial charge in [-0.15, -0.1) is 0 Å². The highest BCUT2D eigenvalue weighted by Gasteiger charge is 2.48. The Balaban J connectivity index is 2.97. The molecular weight excluding hydrogens is 274 g/mol. The van der Waals surface area contributed by atoms with Crippen molar-refractivity contribution in [2.24, 2.45) is 5.92 Å². The molecule has 1 aliphatic rings. The van der Waals surface area contributed by atoms with E-state index in [0.717, 1.165) is 4.90 Å². The van der Waals surface area contributed by atoms with E-state index < -0.39 is 35.5 Å². The summed E-state index contributed by atoms with van der Waals surface area (Å²) in [7, 11) is 1.24. The highest BCUT2D eigenvalue weighted by Crippen LogP contribution is 2.30. The third-order valence-corrected chi connectivity index (χ3v) is 3.13. The third-order valence-electron chi connectivity index (χ3n) is 3.13. The number of imide groups is 1. The van der Waals surface area contributed by atoms with E-state index in [1.165, 1.54) is 7.11 Å². The van der Waals surface area contributed by atoms with E-state index in [0.29, 0.717) is 6.42 Å². The number of nitrogens with zero attached hydrogens (tertiary/aromatic N) is 1. The van der Waals surface area contributed by atoms with Crippen LogP contribution in [0.1, 0.15) is 40.5 Å². The summed E-state index contributed by atoms with van der Waals surface area (Å²) in [4.78, 5) is 37.2. The molecule has 1 fully saturated rings. The van der Waals surface area contributed by atoms with Gasteiger partial charge in [-0.1, -0.05) is 12.2 Å². The number of allylic oxidation sites excluding steroid dienone is 2. The molecule has 6 heteroatoms. The van der Waals surface area contributed by atoms with Gasteiger partial charge in [0.05, 0.1) is 7.11 Å². The molecule has 0 radical (unpaired) electrons. The molecule has 2 atom stereocenters. The Labute approximate surface area is 125 Å². The molecule has 0 spiro atoms. The van der Waals surface area contributed by atoms with Crippen molar-refractivity contribution >= 4 is 18.0 Å². The number of carbonyl (C=O) groups excluding carboxylic acids is 3. The lowest BCUT2D eigenvalue weighted by atomic mass is 10.0. The van der Waals surface area contributed by atoms with E-state index in [4.69, 9.17) is 4.74 Å². The van der Waals surface area contributed by atoms with Crippen LogP contribution in [0.15, 0.2) is 12.2 Å². The molecule has 0 saturated carbocycles. The van der Waals surface area contributed by atoms with Gasteiger partial charge in [0.15, 0.2) is 0 Å². The van der Waals surface area contributed by atoms with Crippen LogP contribution in [0.2, 0.25) is 0 Å². The molecule has 0 aromatic carbocycles. The number of carbonyl (C=O) groups is 3. The highest BCUT2D eigenvalue weighted by molar-refractivity contribution is 6.00. The second-order valence-corrected chi connectivity index (χ2v) is 5.96. The molecule has 21 heavy (non-hydrogen) atoms. The summed E-state index contributed by atoms with van der Waals surface area (Å²) in [5, 5.41) is 0. The van der Waals surface area contributed by atoms with E-state index >= 15 is 0 Å². The largest absolute Gasteiger partial charge is 0.467 e. The first-order chi connectivity index (χ1) is 9.71. The molecule has 0 aromatic rings. The second kappa shape index (κ2) is 6.74. The Bertz CT molecular complexity index is 449. The minimum atomic E-state index is -0.910. The van der Waals surface area contributed by atoms with Gasteiger partial charge in [0.2, 0.25) is 5.91 Å². The van der Waals surface area contributed by atoms with Crippen molar-refractivity contribution in [1.29, 1.82) is 0 Å². The zero-order valence-corrected chi connectivity index (χ0v) is 13.2. The number of methoxy groups -OCH3 is 1. The van der Waals surface area contributed by atoms with E-state index in [9.17, 15) is 14.4 Å². The van der Waals surface area contributed by atoms with Crippen molar-refractivity contribution in [2.75, 3.05) is 7.11 Å². The molecule has 0 aliphatic carbocycles. The molecule has 0 unspecified atom stereocenters. The molecule has 1 rings (SSSR count). The van der Waals surface area contributed by atoms with Crippen molar-refractivity contribution in [3.8, 4) is 0 Å². The van der Waals surface area contributed by atoms with Crippen LogP contribution in [0, 0.1) is 5.92 Å². The number of likely N-dealkylation sites (tertiary alicyclic amines) is 1. The van der Waals surface area contributed by atoms with Crippen LogP contribution in [0.5, 0.6) is 0 Å². The molecule has 2 amide bonds. The molecule has 1 saturated heterocycles. The number of hydrogen-bond acceptors (Lipinski definition) is 5. The number of hydrogen-bond donors (Lipinski definition) is 0. The zero-order chi connectivity index (χ0) is 16.2. The quantitative estimate of drug-likeness (QED) is 0.590. The summed E-state index contributed by atoms with van der Waals surface area (Å²) in [5.41, 5.74) is -0.737. The summed E-state index contributed by atoms with van der Waals surface area (Å²) in [5.74, 6) is -1.40. The number of rotatable bonds is 3. The van der Waals surface area contributed by atoms with E-state index in [-0.39, 0.29) is 6.42 Å². The molecule has 1 aliphatic heterocycles. The summed E-state index contributed by atoms with van der Waals surface area (Å²) in [6.45, 7) is 6.96. The Morgan fingerprint density at radius 1 is 1.38 bits per heavy atom. The molecular formula is C15H23NO5. The third kappa shape index (κ3) is 4.31. The van der Waals surface area contributed by atoms with Gasteiger partial charge in [0.25, 0.3) is 0 Å². The average Bonchev–Trinajstić information content (AvgIpc) is 2.70. The first kappa shape index (κ1) is 17.2. The Hall–Kier alpha value is -1.85. The average molecular weight is 297 g/mol. The summed E-state index contributed by atoms with van der Waals surface area (Å²) < 4.78 is 9.90. The Morgan fingerprint density at radius 3 is 2.48 bits per heavy atom. The Kier molecular flexibility index (Phi) is 5.52. The first-order valence-corrected chi connectivity index (χ1v) is 6.96. The maximum absolute atomic E-state index is 12.4. The van der Waals surface area contributed by atoms with Gasteiger partial charge in [-0.25, -0.2) is 14.5 Å². The molecule has 6 nitrogen and oxygen atoms in total. The van der Waals surface area contributed by atoms with Gasteiger partial charge in [-0.2, -0.15) is 0 Å². The van der Waals surface area contributed by atoms with Crippen LogP contribution >= 0.6 is 0 Å². The van der Waals surface area contributed by atoms with Crippen LogP contribution < -0.4 is 0 Å². The second-order valence-electron chi connectivity index (χ2n) is 5.96. The lowest BCUT2D eigenvalue weighted by Gasteiger charge is -2.26. The van der Waals surface area contributed by atoms with Crippen LogP contribution in [-0.4, -0.2) is 41.6 Å². The zero-order valence-electron chi connectivity index (χ0n) is 13.2. The summed E-state index contributed by atoms with van der Waals surface area (Å²) >= 11 is 0. The molecule has 0 aromatic heterocycles. The van der Waals surface area contributed by atoms with Gasteiger partial charge < -0.3 is 9.47 Å². The Morgan fingerprint density at radius 2 is 2.00 bits per heavy atom. The van der Waals surface area contributed by atoms with E-state index in [1.807, 2.05) is 19.1 Å². The highest BCUT2D eigenvalue weighted by atomic mass is 16.6. The predicted octanol–water partition coefficient (Wildman–Crippen LogP) is 2.28. The van der Waals surface area contributed by atoms with Crippen LogP contribution in [-0.2, 0) is 19.1 Å². The molecule has 0 N–H and O–H groups in total. The SMILES string of the molecule is C/C=C\C[C@@H]1C[C@@H](C(=O)OC)N(C(=O)OC(C)(C)C)C1=O.